The van der Waals surface area contributed by atoms with Crippen molar-refractivity contribution in [3.05, 3.63) is 11.6 Å². The van der Waals surface area contributed by atoms with Crippen LogP contribution >= 0.6 is 0 Å². The number of ketones is 2. The summed E-state index contributed by atoms with van der Waals surface area (Å²) < 4.78 is 7.27. The van der Waals surface area contributed by atoms with Gasteiger partial charge in [0.15, 0.2) is 14.1 Å². The van der Waals surface area contributed by atoms with Gasteiger partial charge in [0.1, 0.15) is 5.78 Å². The molecule has 0 aromatic carbocycles. The lowest BCUT2D eigenvalue weighted by molar-refractivity contribution is -0.141. The Kier molecular flexibility index (Phi) is 5.58. The maximum Gasteiger partial charge on any atom is 0.192 e. The molecule has 174 valence electrons. The second kappa shape index (κ2) is 7.38. The smallest absolute Gasteiger partial charge is 0.192 e. The highest BCUT2D eigenvalue weighted by Crippen LogP contribution is 2.67. The molecule has 31 heavy (non-hydrogen) atoms. The molecule has 3 saturated carbocycles. The highest BCUT2D eigenvalue weighted by molar-refractivity contribution is 6.74. The van der Waals surface area contributed by atoms with Gasteiger partial charge in [0.25, 0.3) is 0 Å². The Bertz CT molecular complexity index is 806. The zero-order valence-electron chi connectivity index (χ0n) is 21.1. The number of hydrogen-bond acceptors (Lipinski definition) is 3. The van der Waals surface area contributed by atoms with Crippen LogP contribution in [0.15, 0.2) is 11.6 Å². The van der Waals surface area contributed by atoms with Gasteiger partial charge in [-0.1, -0.05) is 40.2 Å². The molecule has 0 aromatic rings. The van der Waals surface area contributed by atoms with Crippen LogP contribution in [0, 0.1) is 34.5 Å². The van der Waals surface area contributed by atoms with Crippen molar-refractivity contribution in [2.75, 3.05) is 0 Å². The van der Waals surface area contributed by atoms with Crippen LogP contribution in [0.3, 0.4) is 0 Å². The molecule has 0 radical (unpaired) electrons. The second-order valence-corrected chi connectivity index (χ2v) is 18.0. The van der Waals surface area contributed by atoms with Crippen molar-refractivity contribution in [3.63, 3.8) is 0 Å². The van der Waals surface area contributed by atoms with Gasteiger partial charge >= 0.3 is 0 Å². The minimum Gasteiger partial charge on any atom is -0.414 e. The number of carbonyl (C=O) groups excluding carboxylic acids is 2. The first-order valence-electron chi connectivity index (χ1n) is 12.6. The Labute approximate surface area is 190 Å². The molecule has 4 aliphatic carbocycles. The minimum atomic E-state index is -1.97. The van der Waals surface area contributed by atoms with Gasteiger partial charge in [-0.2, -0.15) is 0 Å². The summed E-state index contributed by atoms with van der Waals surface area (Å²) in [7, 11) is -1.97. The van der Waals surface area contributed by atoms with E-state index in [0.717, 1.165) is 32.1 Å². The molecule has 3 nitrogen and oxygen atoms in total. The summed E-state index contributed by atoms with van der Waals surface area (Å²) in [5, 5.41) is 0.159. The standard InChI is InChI=1S/C27H44O3Si/c1-17(28)21-11-12-22-20-10-9-18-15-19(29)13-14-26(18,5)24(20)23(16-27(21,22)6)30-31(7,8)25(2,3)4/h15,20-24H,9-14,16H2,1-8H3. The number of Topliss-reactive ketones (excluding diaryl/α,β-unsaturated/α-hetero) is 1. The van der Waals surface area contributed by atoms with Crippen molar-refractivity contribution >= 4 is 19.9 Å². The molecule has 4 aliphatic rings. The van der Waals surface area contributed by atoms with E-state index in [1.54, 1.807) is 0 Å². The molecule has 0 heterocycles. The predicted molar refractivity (Wildman–Crippen MR) is 128 cm³/mol. The minimum absolute atomic E-state index is 0.0576. The summed E-state index contributed by atoms with van der Waals surface area (Å²) in [6, 6.07) is 0. The van der Waals surface area contributed by atoms with E-state index < -0.39 is 8.32 Å². The molecule has 7 atom stereocenters. The molecular weight excluding hydrogens is 400 g/mol. The third-order valence-corrected chi connectivity index (χ3v) is 15.1. The van der Waals surface area contributed by atoms with Crippen LogP contribution in [0.5, 0.6) is 0 Å². The number of allylic oxidation sites excluding steroid dienone is 1. The third-order valence-electron chi connectivity index (χ3n) is 10.6. The van der Waals surface area contributed by atoms with Crippen LogP contribution < -0.4 is 0 Å². The topological polar surface area (TPSA) is 43.4 Å². The maximum absolute atomic E-state index is 12.7. The number of fused-ring (bicyclic) bond motifs is 5. The first kappa shape index (κ1) is 23.4. The quantitative estimate of drug-likeness (QED) is 0.454. The first-order valence-corrected chi connectivity index (χ1v) is 15.5. The van der Waals surface area contributed by atoms with E-state index in [-0.39, 0.29) is 27.9 Å². The molecular formula is C27H44O3Si. The third kappa shape index (κ3) is 3.55. The fraction of sp³-hybridized carbons (Fsp3) is 0.852. The Morgan fingerprint density at radius 1 is 1.13 bits per heavy atom. The van der Waals surface area contributed by atoms with Crippen LogP contribution in [0.2, 0.25) is 18.1 Å². The zero-order chi connectivity index (χ0) is 23.0. The number of carbonyl (C=O) groups is 2. The van der Waals surface area contributed by atoms with Gasteiger partial charge in [0.2, 0.25) is 0 Å². The lowest BCUT2D eigenvalue weighted by Crippen LogP contribution is -2.60. The van der Waals surface area contributed by atoms with Gasteiger partial charge in [-0.05, 0) is 98.2 Å². The molecule has 0 amide bonds. The Hall–Kier alpha value is -0.743. The van der Waals surface area contributed by atoms with E-state index in [1.807, 2.05) is 13.0 Å². The van der Waals surface area contributed by atoms with Crippen molar-refractivity contribution in [1.29, 1.82) is 0 Å². The van der Waals surface area contributed by atoms with Gasteiger partial charge in [0.05, 0.1) is 0 Å². The summed E-state index contributed by atoms with van der Waals surface area (Å²) in [5.41, 5.74) is 1.51. The number of hydrogen-bond donors (Lipinski definition) is 0. The van der Waals surface area contributed by atoms with E-state index in [9.17, 15) is 9.59 Å². The summed E-state index contributed by atoms with van der Waals surface area (Å²) in [6.45, 7) is 18.4. The molecule has 0 aromatic heterocycles. The Balaban J connectivity index is 1.79. The maximum atomic E-state index is 12.7. The normalized spacial score (nSPS) is 43.0. The predicted octanol–water partition coefficient (Wildman–Crippen LogP) is 6.72. The molecule has 3 fully saturated rings. The van der Waals surface area contributed by atoms with Crippen molar-refractivity contribution in [2.24, 2.45) is 34.5 Å². The molecule has 0 bridgehead atoms. The molecule has 0 N–H and O–H groups in total. The molecule has 7 unspecified atom stereocenters. The highest BCUT2D eigenvalue weighted by atomic mass is 28.4. The molecule has 0 spiro atoms. The van der Waals surface area contributed by atoms with Crippen molar-refractivity contribution < 1.29 is 14.0 Å². The average Bonchev–Trinajstić information content (AvgIpc) is 2.97. The highest BCUT2D eigenvalue weighted by Gasteiger charge is 2.63. The van der Waals surface area contributed by atoms with Gasteiger partial charge in [-0.15, -0.1) is 0 Å². The zero-order valence-corrected chi connectivity index (χ0v) is 22.1. The van der Waals surface area contributed by atoms with E-state index in [2.05, 4.69) is 47.7 Å². The molecule has 4 rings (SSSR count). The summed E-state index contributed by atoms with van der Waals surface area (Å²) in [6.07, 6.45) is 9.26. The van der Waals surface area contributed by atoms with Crippen molar-refractivity contribution in [3.8, 4) is 0 Å². The second-order valence-electron chi connectivity index (χ2n) is 13.3. The lowest BCUT2D eigenvalue weighted by atomic mass is 9.46. The molecule has 4 heteroatoms. The van der Waals surface area contributed by atoms with Crippen LogP contribution in [-0.4, -0.2) is 26.0 Å². The largest absolute Gasteiger partial charge is 0.414 e. The molecule has 0 aliphatic heterocycles. The Morgan fingerprint density at radius 3 is 2.42 bits per heavy atom. The molecule has 0 saturated heterocycles. The number of rotatable bonds is 3. The van der Waals surface area contributed by atoms with Gasteiger partial charge in [-0.3, -0.25) is 9.59 Å². The van der Waals surface area contributed by atoms with E-state index in [4.69, 9.17) is 4.43 Å². The van der Waals surface area contributed by atoms with Crippen LogP contribution in [0.1, 0.15) is 86.5 Å². The van der Waals surface area contributed by atoms with Gasteiger partial charge in [0, 0.05) is 18.4 Å². The lowest BCUT2D eigenvalue weighted by Gasteiger charge is -2.62. The summed E-state index contributed by atoms with van der Waals surface area (Å²) in [5.74, 6) is 2.56. The first-order chi connectivity index (χ1) is 14.2. The fourth-order valence-corrected chi connectivity index (χ4v) is 9.32. The van der Waals surface area contributed by atoms with Gasteiger partial charge in [-0.25, -0.2) is 0 Å². The monoisotopic (exact) mass is 444 g/mol. The van der Waals surface area contributed by atoms with E-state index >= 15 is 0 Å². The summed E-state index contributed by atoms with van der Waals surface area (Å²) >= 11 is 0. The van der Waals surface area contributed by atoms with Crippen LogP contribution in [0.4, 0.5) is 0 Å². The van der Waals surface area contributed by atoms with Gasteiger partial charge < -0.3 is 4.43 Å². The fourth-order valence-electron chi connectivity index (χ4n) is 7.98. The SMILES string of the molecule is CC(=O)C1CCC2C3CCC4=CC(=O)CCC4(C)C3C(O[Si](C)(C)C(C)(C)C)CC12C. The summed E-state index contributed by atoms with van der Waals surface area (Å²) in [4.78, 5) is 24.9. The van der Waals surface area contributed by atoms with Crippen LogP contribution in [-0.2, 0) is 14.0 Å². The van der Waals surface area contributed by atoms with Crippen molar-refractivity contribution in [2.45, 2.75) is 111 Å². The van der Waals surface area contributed by atoms with E-state index in [1.165, 1.54) is 12.0 Å². The van der Waals surface area contributed by atoms with Crippen LogP contribution in [0.25, 0.3) is 0 Å². The van der Waals surface area contributed by atoms with E-state index in [0.29, 0.717) is 35.7 Å². The Morgan fingerprint density at radius 2 is 1.81 bits per heavy atom. The average molecular weight is 445 g/mol. The van der Waals surface area contributed by atoms with Crippen molar-refractivity contribution in [1.82, 2.24) is 0 Å².